The summed E-state index contributed by atoms with van der Waals surface area (Å²) >= 11 is 0. The number of nitrogens with one attached hydrogen (secondary N) is 1. The van der Waals surface area contributed by atoms with Gasteiger partial charge in [-0.3, -0.25) is 4.79 Å². The maximum Gasteiger partial charge on any atom is 0.248 e. The number of hydrogen-bond acceptors (Lipinski definition) is 4. The average molecular weight is 339 g/mol. The van der Waals surface area contributed by atoms with E-state index in [1.165, 1.54) is 0 Å². The van der Waals surface area contributed by atoms with Crippen molar-refractivity contribution in [1.29, 1.82) is 0 Å². The number of imidazole rings is 2. The van der Waals surface area contributed by atoms with Gasteiger partial charge in [-0.25, -0.2) is 9.97 Å². The van der Waals surface area contributed by atoms with Crippen LogP contribution in [0.3, 0.4) is 0 Å². The number of aromatic amines is 1. The van der Waals surface area contributed by atoms with Crippen molar-refractivity contribution >= 4 is 16.9 Å². The van der Waals surface area contributed by atoms with E-state index in [4.69, 9.17) is 4.74 Å². The Morgan fingerprint density at radius 3 is 3.16 bits per heavy atom. The Morgan fingerprint density at radius 2 is 2.28 bits per heavy atom. The van der Waals surface area contributed by atoms with Crippen LogP contribution in [0.2, 0.25) is 0 Å². The number of H-pyrrole nitrogens is 1. The Bertz CT molecular complexity index is 898. The zero-order valence-electron chi connectivity index (χ0n) is 14.2. The molecule has 130 valence electrons. The summed E-state index contributed by atoms with van der Waals surface area (Å²) in [6.45, 7) is 4.62. The first-order valence-electron chi connectivity index (χ1n) is 8.49. The third-order valence-electron chi connectivity index (χ3n) is 4.56. The molecule has 0 fully saturated rings. The number of aromatic nitrogens is 4. The lowest BCUT2D eigenvalue weighted by Gasteiger charge is -2.19. The third-order valence-corrected chi connectivity index (χ3v) is 4.56. The summed E-state index contributed by atoms with van der Waals surface area (Å²) in [5.74, 6) is 0.744. The lowest BCUT2D eigenvalue weighted by Crippen LogP contribution is -2.33. The molecule has 1 amide bonds. The number of aryl methyl sites for hydroxylation is 2. The van der Waals surface area contributed by atoms with Crippen LogP contribution in [0.25, 0.3) is 11.0 Å². The second-order valence-electron chi connectivity index (χ2n) is 6.39. The first-order valence-corrected chi connectivity index (χ1v) is 8.49. The smallest absolute Gasteiger partial charge is 0.248 e. The zero-order valence-corrected chi connectivity index (χ0v) is 14.2. The van der Waals surface area contributed by atoms with E-state index in [1.807, 2.05) is 42.5 Å². The molecule has 0 aliphatic carbocycles. The number of para-hydroxylation sites is 1. The molecule has 3 heterocycles. The quantitative estimate of drug-likeness (QED) is 0.789. The summed E-state index contributed by atoms with van der Waals surface area (Å²) in [5, 5.41) is 0. The fraction of sp³-hybridized carbons (Fsp3) is 0.389. The van der Waals surface area contributed by atoms with E-state index in [-0.39, 0.29) is 12.5 Å². The second kappa shape index (κ2) is 6.68. The molecule has 7 heteroatoms. The maximum atomic E-state index is 12.4. The van der Waals surface area contributed by atoms with Gasteiger partial charge < -0.3 is 19.2 Å². The van der Waals surface area contributed by atoms with Crippen LogP contribution in [0.1, 0.15) is 23.5 Å². The zero-order chi connectivity index (χ0) is 17.2. The standard InChI is InChI=1S/C18H21N5O2/c1-13-4-2-5-15-18(13)21-16(20-15)10-25-11-17(24)22-6-3-7-23-12-19-8-14(23)9-22/h2,4-5,8,12H,3,6-7,9-11H2,1H3,(H,20,21). The van der Waals surface area contributed by atoms with E-state index in [9.17, 15) is 4.79 Å². The molecule has 0 radical (unpaired) electrons. The summed E-state index contributed by atoms with van der Waals surface area (Å²) in [6.07, 6.45) is 4.57. The predicted octanol–water partition coefficient (Wildman–Crippen LogP) is 2.02. The van der Waals surface area contributed by atoms with Gasteiger partial charge in [-0.1, -0.05) is 12.1 Å². The molecule has 25 heavy (non-hydrogen) atoms. The topological polar surface area (TPSA) is 76.0 Å². The second-order valence-corrected chi connectivity index (χ2v) is 6.39. The van der Waals surface area contributed by atoms with Gasteiger partial charge in [0, 0.05) is 19.3 Å². The Hall–Kier alpha value is -2.67. The molecular weight excluding hydrogens is 318 g/mol. The number of carbonyl (C=O) groups excluding carboxylic acids is 1. The van der Waals surface area contributed by atoms with Gasteiger partial charge in [-0.15, -0.1) is 0 Å². The SMILES string of the molecule is Cc1cccc2[nH]c(COCC(=O)N3CCCn4cncc4C3)nc12. The monoisotopic (exact) mass is 339 g/mol. The van der Waals surface area contributed by atoms with Crippen LogP contribution in [-0.4, -0.2) is 43.5 Å². The van der Waals surface area contributed by atoms with E-state index in [1.54, 1.807) is 0 Å². The predicted molar refractivity (Wildman–Crippen MR) is 92.7 cm³/mol. The van der Waals surface area contributed by atoms with Crippen molar-refractivity contribution in [3.63, 3.8) is 0 Å². The van der Waals surface area contributed by atoms with Crippen molar-refractivity contribution in [2.45, 2.75) is 33.0 Å². The molecule has 1 N–H and O–H groups in total. The summed E-state index contributed by atoms with van der Waals surface area (Å²) < 4.78 is 7.71. The third kappa shape index (κ3) is 3.28. The van der Waals surface area contributed by atoms with Crippen LogP contribution in [0.15, 0.2) is 30.7 Å². The summed E-state index contributed by atoms with van der Waals surface area (Å²) in [7, 11) is 0. The minimum atomic E-state index is 0.00180. The lowest BCUT2D eigenvalue weighted by molar-refractivity contribution is -0.137. The van der Waals surface area contributed by atoms with Crippen molar-refractivity contribution in [2.75, 3.05) is 13.2 Å². The first-order chi connectivity index (χ1) is 12.2. The van der Waals surface area contributed by atoms with Crippen LogP contribution in [0.5, 0.6) is 0 Å². The Balaban J connectivity index is 1.34. The van der Waals surface area contributed by atoms with Gasteiger partial charge in [0.2, 0.25) is 5.91 Å². The molecule has 7 nitrogen and oxygen atoms in total. The Morgan fingerprint density at radius 1 is 1.36 bits per heavy atom. The van der Waals surface area contributed by atoms with E-state index in [2.05, 4.69) is 19.5 Å². The van der Waals surface area contributed by atoms with Crippen molar-refractivity contribution in [1.82, 2.24) is 24.4 Å². The van der Waals surface area contributed by atoms with Crippen LogP contribution < -0.4 is 0 Å². The van der Waals surface area contributed by atoms with Gasteiger partial charge in [0.05, 0.1) is 29.6 Å². The largest absolute Gasteiger partial charge is 0.364 e. The van der Waals surface area contributed by atoms with E-state index in [0.717, 1.165) is 47.6 Å². The van der Waals surface area contributed by atoms with Gasteiger partial charge in [-0.05, 0) is 25.0 Å². The van der Waals surface area contributed by atoms with Crippen LogP contribution in [-0.2, 0) is 29.2 Å². The number of rotatable bonds is 4. The van der Waals surface area contributed by atoms with Crippen molar-refractivity contribution in [3.05, 3.63) is 47.8 Å². The van der Waals surface area contributed by atoms with Crippen molar-refractivity contribution in [3.8, 4) is 0 Å². The van der Waals surface area contributed by atoms with Crippen molar-refractivity contribution in [2.24, 2.45) is 0 Å². The van der Waals surface area contributed by atoms with Gasteiger partial charge in [0.15, 0.2) is 0 Å². The number of nitrogens with zero attached hydrogens (tertiary/aromatic N) is 4. The van der Waals surface area contributed by atoms with Crippen LogP contribution in [0.4, 0.5) is 0 Å². The molecule has 1 aliphatic heterocycles. The van der Waals surface area contributed by atoms with Gasteiger partial charge >= 0.3 is 0 Å². The Labute approximate surface area is 145 Å². The summed E-state index contributed by atoms with van der Waals surface area (Å²) in [6, 6.07) is 6.01. The fourth-order valence-electron chi connectivity index (χ4n) is 3.22. The van der Waals surface area contributed by atoms with Crippen LogP contribution in [0, 0.1) is 6.92 Å². The number of ether oxygens (including phenoxy) is 1. The van der Waals surface area contributed by atoms with Gasteiger partial charge in [-0.2, -0.15) is 0 Å². The first kappa shape index (κ1) is 15.8. The van der Waals surface area contributed by atoms with Crippen molar-refractivity contribution < 1.29 is 9.53 Å². The summed E-state index contributed by atoms with van der Waals surface area (Å²) in [5.41, 5.74) is 4.13. The van der Waals surface area contributed by atoms with E-state index < -0.39 is 0 Å². The number of hydrogen-bond donors (Lipinski definition) is 1. The highest BCUT2D eigenvalue weighted by atomic mass is 16.5. The van der Waals surface area contributed by atoms with E-state index in [0.29, 0.717) is 13.2 Å². The molecule has 0 spiro atoms. The molecule has 2 aromatic heterocycles. The highest BCUT2D eigenvalue weighted by Crippen LogP contribution is 2.16. The maximum absolute atomic E-state index is 12.4. The molecule has 0 saturated heterocycles. The highest BCUT2D eigenvalue weighted by Gasteiger charge is 2.19. The molecule has 0 bridgehead atoms. The lowest BCUT2D eigenvalue weighted by atomic mass is 10.2. The number of carbonyl (C=O) groups is 1. The number of benzene rings is 1. The molecule has 0 atom stereocenters. The molecule has 0 saturated carbocycles. The number of fused-ring (bicyclic) bond motifs is 2. The van der Waals surface area contributed by atoms with Gasteiger partial charge in [0.1, 0.15) is 19.0 Å². The minimum Gasteiger partial charge on any atom is -0.364 e. The summed E-state index contributed by atoms with van der Waals surface area (Å²) in [4.78, 5) is 26.2. The molecule has 0 unspecified atom stereocenters. The molecular formula is C18H21N5O2. The fourth-order valence-corrected chi connectivity index (χ4v) is 3.22. The van der Waals surface area contributed by atoms with Gasteiger partial charge in [0.25, 0.3) is 0 Å². The normalized spacial score (nSPS) is 14.5. The minimum absolute atomic E-state index is 0.00180. The van der Waals surface area contributed by atoms with E-state index >= 15 is 0 Å². The molecule has 1 aliphatic rings. The molecule has 1 aromatic carbocycles. The molecule has 3 aromatic rings. The average Bonchev–Trinajstić information content (AvgIpc) is 3.17. The number of amides is 1. The Kier molecular flexibility index (Phi) is 4.23. The van der Waals surface area contributed by atoms with Crippen LogP contribution >= 0.6 is 0 Å². The molecule has 4 rings (SSSR count). The highest BCUT2D eigenvalue weighted by molar-refractivity contribution is 5.78.